The van der Waals surface area contributed by atoms with Crippen molar-refractivity contribution in [2.24, 2.45) is 0 Å². The molecule has 0 bridgehead atoms. The molecular formula is C27H29Cl2F3N6O3S. The summed E-state index contributed by atoms with van der Waals surface area (Å²) in [6.07, 6.45) is -4.92. The van der Waals surface area contributed by atoms with Crippen LogP contribution in [0.4, 0.5) is 19.0 Å². The lowest BCUT2D eigenvalue weighted by Crippen LogP contribution is -2.38. The van der Waals surface area contributed by atoms with Gasteiger partial charge in [-0.2, -0.15) is 18.2 Å². The van der Waals surface area contributed by atoms with Crippen LogP contribution in [-0.2, 0) is 13.0 Å². The van der Waals surface area contributed by atoms with E-state index < -0.39 is 18.7 Å². The average Bonchev–Trinajstić information content (AvgIpc) is 3.51. The number of aromatic nitrogens is 4. The van der Waals surface area contributed by atoms with Crippen LogP contribution in [0, 0.1) is 0 Å². The molecule has 1 aromatic carbocycles. The monoisotopic (exact) mass is 644 g/mol. The van der Waals surface area contributed by atoms with Gasteiger partial charge in [-0.3, -0.25) is 0 Å². The third kappa shape index (κ3) is 7.14. The van der Waals surface area contributed by atoms with Crippen LogP contribution < -0.4 is 19.7 Å². The number of aliphatic hydroxyl groups excluding tert-OH is 1. The number of likely N-dealkylation sites (N-methyl/N-ethyl adjacent to an activating group) is 1. The third-order valence-electron chi connectivity index (χ3n) is 7.08. The normalized spacial score (nSPS) is 18.6. The van der Waals surface area contributed by atoms with E-state index in [2.05, 4.69) is 25.5 Å². The van der Waals surface area contributed by atoms with E-state index >= 15 is 0 Å². The van der Waals surface area contributed by atoms with Crippen LogP contribution in [-0.4, -0.2) is 70.9 Å². The lowest BCUT2D eigenvalue weighted by atomic mass is 10.1. The number of anilines is 1. The number of fused-ring (bicyclic) bond motifs is 1. The molecule has 0 spiro atoms. The van der Waals surface area contributed by atoms with E-state index in [9.17, 15) is 18.3 Å². The zero-order valence-corrected chi connectivity index (χ0v) is 25.2. The fourth-order valence-electron chi connectivity index (χ4n) is 5.07. The number of thiophene rings is 1. The van der Waals surface area contributed by atoms with Crippen molar-refractivity contribution < 1.29 is 27.8 Å². The van der Waals surface area contributed by atoms with E-state index in [0.29, 0.717) is 52.7 Å². The molecule has 1 fully saturated rings. The van der Waals surface area contributed by atoms with Crippen molar-refractivity contribution in [1.29, 1.82) is 0 Å². The molecule has 1 aliphatic rings. The Balaban J connectivity index is 0.00000405. The first-order chi connectivity index (χ1) is 19.5. The maximum atomic E-state index is 13.0. The maximum absolute atomic E-state index is 13.0. The van der Waals surface area contributed by atoms with Crippen molar-refractivity contribution in [2.45, 2.75) is 50.2 Å². The highest BCUT2D eigenvalue weighted by Crippen LogP contribution is 2.37. The Morgan fingerprint density at radius 1 is 1.10 bits per heavy atom. The largest absolute Gasteiger partial charge is 0.491 e. The van der Waals surface area contributed by atoms with Gasteiger partial charge >= 0.3 is 6.18 Å². The highest BCUT2D eigenvalue weighted by atomic mass is 35.5. The zero-order chi connectivity index (χ0) is 29.3. The smallest absolute Gasteiger partial charge is 0.393 e. The molecule has 226 valence electrons. The van der Waals surface area contributed by atoms with Gasteiger partial charge in [-0.15, -0.1) is 33.9 Å². The Morgan fingerprint density at radius 2 is 1.83 bits per heavy atom. The van der Waals surface area contributed by atoms with E-state index in [1.807, 2.05) is 24.3 Å². The van der Waals surface area contributed by atoms with Gasteiger partial charge in [0.1, 0.15) is 10.6 Å². The summed E-state index contributed by atoms with van der Waals surface area (Å²) in [5.41, 5.74) is 2.58. The molecule has 3 atom stereocenters. The van der Waals surface area contributed by atoms with Crippen LogP contribution in [0.1, 0.15) is 23.3 Å². The number of aliphatic hydroxyl groups is 1. The minimum absolute atomic E-state index is 0. The van der Waals surface area contributed by atoms with Crippen molar-refractivity contribution in [2.75, 3.05) is 26.2 Å². The summed E-state index contributed by atoms with van der Waals surface area (Å²) in [4.78, 5) is 10.7. The summed E-state index contributed by atoms with van der Waals surface area (Å²) in [6, 6.07) is 10.8. The van der Waals surface area contributed by atoms with Crippen molar-refractivity contribution in [3.8, 4) is 22.9 Å². The van der Waals surface area contributed by atoms with E-state index in [4.69, 9.17) is 21.1 Å². The Hall–Kier alpha value is -2.97. The molecule has 3 heterocycles. The van der Waals surface area contributed by atoms with Gasteiger partial charge in [-0.1, -0.05) is 24.3 Å². The van der Waals surface area contributed by atoms with Crippen LogP contribution in [0.5, 0.6) is 11.6 Å². The van der Waals surface area contributed by atoms with Crippen molar-refractivity contribution >= 4 is 51.4 Å². The molecule has 2 N–H and O–H groups in total. The van der Waals surface area contributed by atoms with Gasteiger partial charge in [0.2, 0.25) is 5.28 Å². The molecule has 9 nitrogen and oxygen atoms in total. The molecule has 4 aromatic rings. The Morgan fingerprint density at radius 3 is 2.50 bits per heavy atom. The number of hydrogen-bond donors (Lipinski definition) is 2. The fraction of sp³-hybridized carbons (Fsp3) is 0.407. The van der Waals surface area contributed by atoms with Gasteiger partial charge in [0.15, 0.2) is 5.75 Å². The van der Waals surface area contributed by atoms with E-state index in [1.54, 1.807) is 25.1 Å². The molecule has 0 unspecified atom stereocenters. The quantitative estimate of drug-likeness (QED) is 0.230. The molecule has 0 radical (unpaired) electrons. The van der Waals surface area contributed by atoms with Gasteiger partial charge in [-0.05, 0) is 36.1 Å². The molecular weight excluding hydrogens is 616 g/mol. The van der Waals surface area contributed by atoms with E-state index in [1.165, 1.54) is 13.2 Å². The second-order valence-corrected chi connectivity index (χ2v) is 11.3. The number of alkyl halides is 3. The van der Waals surface area contributed by atoms with Crippen LogP contribution >= 0.6 is 35.3 Å². The molecule has 0 amide bonds. The second-order valence-electron chi connectivity index (χ2n) is 9.84. The summed E-state index contributed by atoms with van der Waals surface area (Å²) < 4.78 is 49.4. The molecule has 1 saturated carbocycles. The van der Waals surface area contributed by atoms with Crippen LogP contribution in [0.25, 0.3) is 21.5 Å². The molecule has 0 saturated heterocycles. The highest BCUT2D eigenvalue weighted by molar-refractivity contribution is 7.18. The Labute approximate surface area is 255 Å². The average molecular weight is 646 g/mol. The number of nitrogens with zero attached hydrogens (tertiary/aromatic N) is 5. The van der Waals surface area contributed by atoms with Gasteiger partial charge in [0.05, 0.1) is 43.9 Å². The van der Waals surface area contributed by atoms with Crippen LogP contribution in [0.2, 0.25) is 5.28 Å². The minimum atomic E-state index is -4.33. The number of nitrogens with one attached hydrogen (secondary N) is 1. The number of rotatable bonds is 9. The number of hydrogen-bond acceptors (Lipinski definition) is 10. The number of benzene rings is 1. The molecule has 5 rings (SSSR count). The van der Waals surface area contributed by atoms with Gasteiger partial charge in [0, 0.05) is 36.1 Å². The standard InChI is InChI=1S/C27H28ClF3N6O3S.ClH/c1-37(23-18-10-17(12-27(29,30)31)41-25(18)34-26(28)33-23)20-8-16(9-21(20)38)32-13-14-4-6-15(7-5-14)19-11-22(39-2)24(40-3)36-35-19;/h4-7,10-11,16,20-21,32,38H,8-9,12-13H2,1-3H3;1H/t16-,20+,21-;/m1./s1. The van der Waals surface area contributed by atoms with Crippen LogP contribution in [0.15, 0.2) is 36.4 Å². The fourth-order valence-corrected chi connectivity index (χ4v) is 6.33. The predicted molar refractivity (Wildman–Crippen MR) is 158 cm³/mol. The zero-order valence-electron chi connectivity index (χ0n) is 22.9. The van der Waals surface area contributed by atoms with Gasteiger partial charge in [-0.25, -0.2) is 4.98 Å². The highest BCUT2D eigenvalue weighted by Gasteiger charge is 2.37. The van der Waals surface area contributed by atoms with Crippen molar-refractivity contribution in [3.63, 3.8) is 0 Å². The molecule has 0 aliphatic heterocycles. The van der Waals surface area contributed by atoms with Gasteiger partial charge in [0.25, 0.3) is 5.88 Å². The summed E-state index contributed by atoms with van der Waals surface area (Å²) in [6.45, 7) is 0.584. The Kier molecular flexibility index (Phi) is 9.99. The van der Waals surface area contributed by atoms with Crippen molar-refractivity contribution in [3.05, 3.63) is 52.1 Å². The van der Waals surface area contributed by atoms with Crippen molar-refractivity contribution in [1.82, 2.24) is 25.5 Å². The van der Waals surface area contributed by atoms with E-state index in [-0.39, 0.29) is 34.7 Å². The second kappa shape index (κ2) is 13.1. The molecule has 3 aromatic heterocycles. The molecule has 1 aliphatic carbocycles. The van der Waals surface area contributed by atoms with Gasteiger partial charge < -0.3 is 24.8 Å². The first-order valence-corrected chi connectivity index (χ1v) is 14.0. The summed E-state index contributed by atoms with van der Waals surface area (Å²) in [7, 11) is 4.81. The minimum Gasteiger partial charge on any atom is -0.491 e. The summed E-state index contributed by atoms with van der Waals surface area (Å²) in [5.74, 6) is 1.21. The molecule has 15 heteroatoms. The summed E-state index contributed by atoms with van der Waals surface area (Å²) >= 11 is 7.07. The van der Waals surface area contributed by atoms with Crippen LogP contribution in [0.3, 0.4) is 0 Å². The number of ether oxygens (including phenoxy) is 2. The lowest BCUT2D eigenvalue weighted by molar-refractivity contribution is -0.126. The molecule has 42 heavy (non-hydrogen) atoms. The Bertz CT molecular complexity index is 1530. The number of methoxy groups -OCH3 is 2. The SMILES string of the molecule is COc1cc(-c2ccc(CN[C@H]3C[C@@H](O)[C@@H](N(C)c4nc(Cl)nc5sc(CC(F)(F)F)cc45)C3)cc2)nnc1OC.Cl. The lowest BCUT2D eigenvalue weighted by Gasteiger charge is -2.28. The predicted octanol–water partition coefficient (Wildman–Crippen LogP) is 5.46. The first-order valence-electron chi connectivity index (χ1n) is 12.8. The summed E-state index contributed by atoms with van der Waals surface area (Å²) in [5, 5.41) is 23.1. The van der Waals surface area contributed by atoms with E-state index in [0.717, 1.165) is 22.5 Å². The number of halogens is 5. The maximum Gasteiger partial charge on any atom is 0.393 e. The third-order valence-corrected chi connectivity index (χ3v) is 8.28. The first kappa shape index (κ1) is 32.0. The topological polar surface area (TPSA) is 106 Å².